The Morgan fingerprint density at radius 2 is 1.81 bits per heavy atom. The quantitative estimate of drug-likeness (QED) is 0.710. The molecule has 1 aromatic heterocycles. The lowest BCUT2D eigenvalue weighted by molar-refractivity contribution is 0.143. The van der Waals surface area contributed by atoms with Crippen LogP contribution in [0.3, 0.4) is 0 Å². The molecule has 0 fully saturated rings. The van der Waals surface area contributed by atoms with Crippen molar-refractivity contribution >= 4 is 0 Å². The Kier molecular flexibility index (Phi) is 4.44. The van der Waals surface area contributed by atoms with Crippen molar-refractivity contribution in [1.29, 1.82) is 0 Å². The van der Waals surface area contributed by atoms with Crippen LogP contribution >= 0.6 is 0 Å². The van der Waals surface area contributed by atoms with Crippen LogP contribution in [0, 0.1) is 20.8 Å². The third-order valence-electron chi connectivity index (χ3n) is 4.96. The molecule has 3 aromatic rings. The Balaban J connectivity index is 1.42. The zero-order valence-corrected chi connectivity index (χ0v) is 15.7. The predicted molar refractivity (Wildman–Crippen MR) is 104 cm³/mol. The smallest absolute Gasteiger partial charge is 0.300 e. The number of aryl methyl sites for hydroxylation is 3. The van der Waals surface area contributed by atoms with Crippen LogP contribution in [0.2, 0.25) is 0 Å². The van der Waals surface area contributed by atoms with Gasteiger partial charge in [0.05, 0.1) is 6.54 Å². The molecule has 5 heteroatoms. The van der Waals surface area contributed by atoms with Crippen LogP contribution in [0.4, 0.5) is 0 Å². The molecule has 0 spiro atoms. The largest absolute Gasteiger partial charge is 0.490 e. The summed E-state index contributed by atoms with van der Waals surface area (Å²) in [6.45, 7) is 7.44. The van der Waals surface area contributed by atoms with E-state index in [1.807, 2.05) is 16.7 Å². The fraction of sp³-hybridized carbons (Fsp3) is 0.273. The first kappa shape index (κ1) is 17.3. The summed E-state index contributed by atoms with van der Waals surface area (Å²) in [5.41, 5.74) is 6.00. The minimum Gasteiger partial charge on any atom is -0.490 e. The highest BCUT2D eigenvalue weighted by atomic mass is 16.6. The molecule has 5 nitrogen and oxygen atoms in total. The molecule has 1 aliphatic heterocycles. The van der Waals surface area contributed by atoms with Gasteiger partial charge in [0.25, 0.3) is 11.6 Å². The molecule has 0 amide bonds. The summed E-state index contributed by atoms with van der Waals surface area (Å²) in [4.78, 5) is 15.1. The van der Waals surface area contributed by atoms with Crippen LogP contribution in [0.15, 0.2) is 53.5 Å². The van der Waals surface area contributed by atoms with Crippen molar-refractivity contribution in [3.63, 3.8) is 0 Å². The zero-order valence-electron chi connectivity index (χ0n) is 15.7. The van der Waals surface area contributed by atoms with Gasteiger partial charge in [-0.25, -0.2) is 0 Å². The Hall–Kier alpha value is -3.08. The van der Waals surface area contributed by atoms with E-state index >= 15 is 0 Å². The van der Waals surface area contributed by atoms with Gasteiger partial charge in [0.1, 0.15) is 12.4 Å². The van der Waals surface area contributed by atoms with Crippen molar-refractivity contribution < 1.29 is 9.47 Å². The molecule has 2 heterocycles. The summed E-state index contributed by atoms with van der Waals surface area (Å²) in [5, 5.41) is 0. The molecule has 0 saturated heterocycles. The van der Waals surface area contributed by atoms with Gasteiger partial charge in [-0.15, -0.1) is 0 Å². The maximum absolute atomic E-state index is 11.3. The second-order valence-electron chi connectivity index (χ2n) is 7.03. The summed E-state index contributed by atoms with van der Waals surface area (Å²) in [6.07, 6.45) is 1.55. The van der Waals surface area contributed by atoms with Gasteiger partial charge in [0.2, 0.25) is 0 Å². The van der Waals surface area contributed by atoms with E-state index in [1.54, 1.807) is 6.20 Å². The predicted octanol–water partition coefficient (Wildman–Crippen LogP) is 3.68. The highest BCUT2D eigenvalue weighted by Gasteiger charge is 2.23. The Morgan fingerprint density at radius 3 is 2.59 bits per heavy atom. The molecule has 4 rings (SSSR count). The van der Waals surface area contributed by atoms with Crippen LogP contribution in [0.5, 0.6) is 11.8 Å². The first-order valence-corrected chi connectivity index (χ1v) is 9.05. The number of hydrogen-bond acceptors (Lipinski definition) is 4. The highest BCUT2D eigenvalue weighted by Crippen LogP contribution is 2.28. The molecule has 2 aromatic carbocycles. The topological polar surface area (TPSA) is 53.4 Å². The number of ether oxygens (including phenoxy) is 2. The van der Waals surface area contributed by atoms with Gasteiger partial charge in [0, 0.05) is 12.3 Å². The van der Waals surface area contributed by atoms with Crippen LogP contribution in [0.25, 0.3) is 11.1 Å². The normalized spacial score (nSPS) is 15.3. The fourth-order valence-corrected chi connectivity index (χ4v) is 3.33. The molecule has 0 bridgehead atoms. The maximum Gasteiger partial charge on any atom is 0.300 e. The summed E-state index contributed by atoms with van der Waals surface area (Å²) in [5.74, 6) is 0.794. The molecule has 27 heavy (non-hydrogen) atoms. The summed E-state index contributed by atoms with van der Waals surface area (Å²) >= 11 is 0. The number of nitrogens with zero attached hydrogens (tertiary/aromatic N) is 2. The van der Waals surface area contributed by atoms with Gasteiger partial charge in [-0.3, -0.25) is 9.36 Å². The second-order valence-corrected chi connectivity index (χ2v) is 7.03. The number of benzene rings is 2. The lowest BCUT2D eigenvalue weighted by atomic mass is 9.95. The number of hydrogen-bond donors (Lipinski definition) is 0. The summed E-state index contributed by atoms with van der Waals surface area (Å²) < 4.78 is 13.4. The van der Waals surface area contributed by atoms with E-state index in [4.69, 9.17) is 9.47 Å². The van der Waals surface area contributed by atoms with E-state index in [0.717, 1.165) is 5.75 Å². The van der Waals surface area contributed by atoms with Gasteiger partial charge >= 0.3 is 0 Å². The average molecular weight is 362 g/mol. The summed E-state index contributed by atoms with van der Waals surface area (Å²) in [7, 11) is 0. The van der Waals surface area contributed by atoms with Gasteiger partial charge in [-0.1, -0.05) is 24.3 Å². The number of rotatable bonds is 4. The third-order valence-corrected chi connectivity index (χ3v) is 4.96. The molecule has 0 radical (unpaired) electrons. The Morgan fingerprint density at radius 1 is 1.07 bits per heavy atom. The molecule has 0 aliphatic carbocycles. The number of aromatic nitrogens is 2. The molecule has 1 aliphatic rings. The Bertz CT molecular complexity index is 1040. The first-order valence-electron chi connectivity index (χ1n) is 9.05. The van der Waals surface area contributed by atoms with Crippen LogP contribution in [-0.2, 0) is 6.54 Å². The number of fused-ring (bicyclic) bond motifs is 1. The molecule has 138 valence electrons. The maximum atomic E-state index is 11.3. The lowest BCUT2D eigenvalue weighted by Gasteiger charge is -2.13. The third kappa shape index (κ3) is 3.58. The van der Waals surface area contributed by atoms with Crippen molar-refractivity contribution in [2.24, 2.45) is 0 Å². The van der Waals surface area contributed by atoms with E-state index < -0.39 is 0 Å². The van der Waals surface area contributed by atoms with E-state index in [0.29, 0.717) is 19.2 Å². The SMILES string of the molecule is Cc1cc(C)c(-c2ccc(OCC3Cn4ccc(=O)nc4O3)cc2)cc1C. The summed E-state index contributed by atoms with van der Waals surface area (Å²) in [6, 6.07) is 14.4. The van der Waals surface area contributed by atoms with Crippen LogP contribution in [-0.4, -0.2) is 22.3 Å². The van der Waals surface area contributed by atoms with Gasteiger partial charge < -0.3 is 9.47 Å². The zero-order chi connectivity index (χ0) is 19.0. The monoisotopic (exact) mass is 362 g/mol. The highest BCUT2D eigenvalue weighted by molar-refractivity contribution is 5.69. The first-order chi connectivity index (χ1) is 13.0. The van der Waals surface area contributed by atoms with E-state index in [-0.39, 0.29) is 11.7 Å². The van der Waals surface area contributed by atoms with Crippen molar-refractivity contribution in [2.45, 2.75) is 33.4 Å². The van der Waals surface area contributed by atoms with E-state index in [1.165, 1.54) is 33.9 Å². The van der Waals surface area contributed by atoms with E-state index in [2.05, 4.69) is 50.0 Å². The van der Waals surface area contributed by atoms with Gasteiger partial charge in [-0.2, -0.15) is 4.98 Å². The van der Waals surface area contributed by atoms with Gasteiger partial charge in [-0.05, 0) is 60.7 Å². The molecule has 1 atom stereocenters. The fourth-order valence-electron chi connectivity index (χ4n) is 3.33. The van der Waals surface area contributed by atoms with Crippen molar-refractivity contribution in [1.82, 2.24) is 9.55 Å². The minimum absolute atomic E-state index is 0.152. The molecule has 1 unspecified atom stereocenters. The average Bonchev–Trinajstić information content (AvgIpc) is 3.05. The molecular formula is C22H22N2O3. The van der Waals surface area contributed by atoms with E-state index in [9.17, 15) is 4.79 Å². The molecule has 0 N–H and O–H groups in total. The standard InChI is InChI=1S/C22H22N2O3/c1-14-10-16(3)20(11-15(14)2)17-4-6-18(7-5-17)26-13-19-12-24-9-8-21(25)23-22(24)27-19/h4-11,19H,12-13H2,1-3H3. The lowest BCUT2D eigenvalue weighted by Crippen LogP contribution is -2.23. The van der Waals surface area contributed by atoms with Crippen molar-refractivity contribution in [3.05, 3.63) is 75.7 Å². The minimum atomic E-state index is -0.292. The second kappa shape index (κ2) is 6.91. The van der Waals surface area contributed by atoms with Crippen molar-refractivity contribution in [3.8, 4) is 22.9 Å². The van der Waals surface area contributed by atoms with Crippen LogP contribution < -0.4 is 15.0 Å². The molecular weight excluding hydrogens is 340 g/mol. The van der Waals surface area contributed by atoms with Crippen LogP contribution in [0.1, 0.15) is 16.7 Å². The Labute approximate surface area is 158 Å². The van der Waals surface area contributed by atoms with Gasteiger partial charge in [0.15, 0.2) is 6.10 Å². The van der Waals surface area contributed by atoms with Crippen molar-refractivity contribution in [2.75, 3.05) is 6.61 Å². The molecule has 0 saturated carbocycles.